The van der Waals surface area contributed by atoms with Crippen molar-refractivity contribution in [1.29, 1.82) is 0 Å². The first-order chi connectivity index (χ1) is 12.2. The highest BCUT2D eigenvalue weighted by Gasteiger charge is 2.10. The molecule has 0 bridgehead atoms. The maximum absolute atomic E-state index is 12.1. The van der Waals surface area contributed by atoms with E-state index in [1.807, 2.05) is 60.7 Å². The van der Waals surface area contributed by atoms with Gasteiger partial charge in [0.05, 0.1) is 11.3 Å². The second-order valence-electron chi connectivity index (χ2n) is 5.43. The van der Waals surface area contributed by atoms with Crippen molar-refractivity contribution in [2.75, 3.05) is 0 Å². The lowest BCUT2D eigenvalue weighted by atomic mass is 10.1. The number of carbonyl (C=O) groups is 1. The molecule has 0 amide bonds. The Labute approximate surface area is 146 Å². The molecule has 0 saturated heterocycles. The Kier molecular flexibility index (Phi) is 5.22. The van der Waals surface area contributed by atoms with Crippen molar-refractivity contribution < 1.29 is 14.6 Å². The molecule has 0 atom stereocenters. The lowest BCUT2D eigenvalue weighted by Crippen LogP contribution is -2.05. The van der Waals surface area contributed by atoms with Crippen molar-refractivity contribution in [3.05, 3.63) is 95.6 Å². The van der Waals surface area contributed by atoms with Crippen LogP contribution in [0.3, 0.4) is 0 Å². The maximum Gasteiger partial charge on any atom is 0.338 e. The monoisotopic (exact) mass is 331 g/mol. The predicted molar refractivity (Wildman–Crippen MR) is 97.4 cm³/mol. The number of esters is 1. The summed E-state index contributed by atoms with van der Waals surface area (Å²) >= 11 is 0. The second-order valence-corrected chi connectivity index (χ2v) is 5.43. The van der Waals surface area contributed by atoms with Crippen LogP contribution in [0, 0.1) is 0 Å². The Morgan fingerprint density at radius 2 is 1.64 bits per heavy atom. The maximum atomic E-state index is 12.1. The third-order valence-electron chi connectivity index (χ3n) is 3.59. The topological polar surface area (TPSA) is 58.9 Å². The molecule has 0 aliphatic heterocycles. The van der Waals surface area contributed by atoms with Crippen LogP contribution in [-0.2, 0) is 11.3 Å². The van der Waals surface area contributed by atoms with Crippen molar-refractivity contribution in [3.8, 4) is 5.75 Å². The summed E-state index contributed by atoms with van der Waals surface area (Å²) in [6, 6.07) is 23.5. The van der Waals surface area contributed by atoms with Crippen LogP contribution >= 0.6 is 0 Å². The molecule has 3 aromatic rings. The number of hydrogen-bond donors (Lipinski definition) is 1. The molecule has 0 aromatic heterocycles. The highest BCUT2D eigenvalue weighted by molar-refractivity contribution is 5.92. The fourth-order valence-corrected chi connectivity index (χ4v) is 2.24. The molecule has 4 heteroatoms. The SMILES string of the molecule is O=C(OCc1ccccc1)c1ccc(C=Nc2ccccc2)c(O)c1. The average Bonchev–Trinajstić information content (AvgIpc) is 2.66. The van der Waals surface area contributed by atoms with Gasteiger partial charge in [0.1, 0.15) is 12.4 Å². The average molecular weight is 331 g/mol. The van der Waals surface area contributed by atoms with Crippen molar-refractivity contribution in [1.82, 2.24) is 0 Å². The number of benzene rings is 3. The molecule has 3 rings (SSSR count). The van der Waals surface area contributed by atoms with E-state index < -0.39 is 5.97 Å². The first kappa shape index (κ1) is 16.5. The van der Waals surface area contributed by atoms with Crippen LogP contribution in [0.5, 0.6) is 5.75 Å². The summed E-state index contributed by atoms with van der Waals surface area (Å²) in [7, 11) is 0. The smallest absolute Gasteiger partial charge is 0.338 e. The largest absolute Gasteiger partial charge is 0.507 e. The predicted octanol–water partition coefficient (Wildman–Crippen LogP) is 4.50. The number of phenols is 1. The fraction of sp³-hybridized carbons (Fsp3) is 0.0476. The summed E-state index contributed by atoms with van der Waals surface area (Å²) in [6.07, 6.45) is 1.56. The molecule has 124 valence electrons. The van der Waals surface area contributed by atoms with Crippen LogP contribution in [0.2, 0.25) is 0 Å². The molecule has 0 heterocycles. The normalized spacial score (nSPS) is 10.7. The van der Waals surface area contributed by atoms with Gasteiger partial charge in [-0.15, -0.1) is 0 Å². The molecule has 1 N–H and O–H groups in total. The van der Waals surface area contributed by atoms with Crippen LogP contribution in [0.15, 0.2) is 83.9 Å². The lowest BCUT2D eigenvalue weighted by molar-refractivity contribution is 0.0472. The summed E-state index contributed by atoms with van der Waals surface area (Å²) in [5.41, 5.74) is 2.52. The van der Waals surface area contributed by atoms with Crippen LogP contribution < -0.4 is 0 Å². The van der Waals surface area contributed by atoms with E-state index in [-0.39, 0.29) is 12.4 Å². The first-order valence-electron chi connectivity index (χ1n) is 7.85. The number of hydrogen-bond acceptors (Lipinski definition) is 4. The molecule has 0 saturated carbocycles. The van der Waals surface area contributed by atoms with Crippen LogP contribution in [-0.4, -0.2) is 17.3 Å². The van der Waals surface area contributed by atoms with Crippen molar-refractivity contribution in [2.24, 2.45) is 4.99 Å². The van der Waals surface area contributed by atoms with E-state index in [1.54, 1.807) is 18.3 Å². The molecular weight excluding hydrogens is 314 g/mol. The third-order valence-corrected chi connectivity index (χ3v) is 3.59. The summed E-state index contributed by atoms with van der Waals surface area (Å²) < 4.78 is 5.25. The molecule has 3 aromatic carbocycles. The summed E-state index contributed by atoms with van der Waals surface area (Å²) in [5.74, 6) is -0.500. The molecular formula is C21H17NO3. The molecule has 4 nitrogen and oxygen atoms in total. The van der Waals surface area contributed by atoms with Gasteiger partial charge in [0.15, 0.2) is 0 Å². The molecule has 0 fully saturated rings. The quantitative estimate of drug-likeness (QED) is 0.553. The summed E-state index contributed by atoms with van der Waals surface area (Å²) in [6.45, 7) is 0.192. The number of para-hydroxylation sites is 1. The zero-order chi connectivity index (χ0) is 17.5. The Morgan fingerprint density at radius 3 is 2.32 bits per heavy atom. The Morgan fingerprint density at radius 1 is 0.960 bits per heavy atom. The van der Waals surface area contributed by atoms with E-state index in [9.17, 15) is 9.90 Å². The number of aromatic hydroxyl groups is 1. The zero-order valence-electron chi connectivity index (χ0n) is 13.5. The Hall–Kier alpha value is -3.40. The fourth-order valence-electron chi connectivity index (χ4n) is 2.24. The first-order valence-corrected chi connectivity index (χ1v) is 7.85. The number of aliphatic imine (C=N–C) groups is 1. The van der Waals surface area contributed by atoms with Gasteiger partial charge in [-0.1, -0.05) is 48.5 Å². The Balaban J connectivity index is 1.67. The van der Waals surface area contributed by atoms with Gasteiger partial charge in [0.25, 0.3) is 0 Å². The van der Waals surface area contributed by atoms with Crippen LogP contribution in [0.4, 0.5) is 5.69 Å². The van der Waals surface area contributed by atoms with Gasteiger partial charge >= 0.3 is 5.97 Å². The van der Waals surface area contributed by atoms with Gasteiger partial charge in [-0.3, -0.25) is 4.99 Å². The third kappa shape index (κ3) is 4.54. The van der Waals surface area contributed by atoms with E-state index >= 15 is 0 Å². The highest BCUT2D eigenvalue weighted by Crippen LogP contribution is 2.19. The Bertz CT molecular complexity index is 874. The van der Waals surface area contributed by atoms with Gasteiger partial charge in [0, 0.05) is 11.8 Å². The minimum atomic E-state index is -0.481. The van der Waals surface area contributed by atoms with Gasteiger partial charge in [-0.2, -0.15) is 0 Å². The highest BCUT2D eigenvalue weighted by atomic mass is 16.5. The van der Waals surface area contributed by atoms with Gasteiger partial charge < -0.3 is 9.84 Å². The van der Waals surface area contributed by atoms with E-state index in [1.165, 1.54) is 6.07 Å². The van der Waals surface area contributed by atoms with Crippen LogP contribution in [0.1, 0.15) is 21.5 Å². The van der Waals surface area contributed by atoms with Crippen molar-refractivity contribution in [3.63, 3.8) is 0 Å². The number of phenolic OH excluding ortho intramolecular Hbond substituents is 1. The van der Waals surface area contributed by atoms with E-state index in [0.717, 1.165) is 11.3 Å². The lowest BCUT2D eigenvalue weighted by Gasteiger charge is -2.06. The van der Waals surface area contributed by atoms with Gasteiger partial charge in [-0.25, -0.2) is 4.79 Å². The zero-order valence-corrected chi connectivity index (χ0v) is 13.5. The number of ether oxygens (including phenoxy) is 1. The molecule has 0 spiro atoms. The molecule has 25 heavy (non-hydrogen) atoms. The molecule has 0 unspecified atom stereocenters. The number of nitrogens with zero attached hydrogens (tertiary/aromatic N) is 1. The second kappa shape index (κ2) is 7.93. The summed E-state index contributed by atoms with van der Waals surface area (Å²) in [5, 5.41) is 10.1. The van der Waals surface area contributed by atoms with E-state index in [0.29, 0.717) is 11.1 Å². The molecule has 0 radical (unpaired) electrons. The van der Waals surface area contributed by atoms with E-state index in [4.69, 9.17) is 4.74 Å². The van der Waals surface area contributed by atoms with Crippen LogP contribution in [0.25, 0.3) is 0 Å². The summed E-state index contributed by atoms with van der Waals surface area (Å²) in [4.78, 5) is 16.4. The number of rotatable bonds is 5. The number of carbonyl (C=O) groups excluding carboxylic acids is 1. The molecule has 0 aliphatic rings. The van der Waals surface area contributed by atoms with Gasteiger partial charge in [0.2, 0.25) is 0 Å². The van der Waals surface area contributed by atoms with Gasteiger partial charge in [-0.05, 0) is 35.9 Å². The van der Waals surface area contributed by atoms with Crippen molar-refractivity contribution in [2.45, 2.75) is 6.61 Å². The van der Waals surface area contributed by atoms with E-state index in [2.05, 4.69) is 4.99 Å². The standard InChI is InChI=1S/C21H17NO3/c23-20-13-17(21(24)25-15-16-7-3-1-4-8-16)11-12-18(20)14-22-19-9-5-2-6-10-19/h1-14,23H,15H2. The minimum absolute atomic E-state index is 0.0196. The van der Waals surface area contributed by atoms with Crippen molar-refractivity contribution >= 4 is 17.9 Å². The molecule has 0 aliphatic carbocycles. The minimum Gasteiger partial charge on any atom is -0.507 e.